The highest BCUT2D eigenvalue weighted by molar-refractivity contribution is 5.85. The van der Waals surface area contributed by atoms with Crippen LogP contribution in [0.2, 0.25) is 0 Å². The molecule has 0 saturated carbocycles. The molecule has 2 N–H and O–H groups in total. The van der Waals surface area contributed by atoms with E-state index >= 15 is 0 Å². The van der Waals surface area contributed by atoms with E-state index in [4.69, 9.17) is 0 Å². The number of nitrogens with one attached hydrogen (secondary N) is 1. The SMILES string of the molecule is CCC(CC)(CNC(=O)CN1CCCCCCC1=O)C(=O)O. The highest BCUT2D eigenvalue weighted by Crippen LogP contribution is 2.25. The number of amides is 2. The van der Waals surface area contributed by atoms with Gasteiger partial charge in [-0.15, -0.1) is 0 Å². The molecule has 1 heterocycles. The Morgan fingerprint density at radius 1 is 1.18 bits per heavy atom. The number of carboxylic acids is 1. The first kappa shape index (κ1) is 18.5. The van der Waals surface area contributed by atoms with Crippen LogP contribution < -0.4 is 5.32 Å². The third-order valence-electron chi connectivity index (χ3n) is 4.69. The molecule has 6 heteroatoms. The van der Waals surface area contributed by atoms with Gasteiger partial charge in [-0.2, -0.15) is 0 Å². The molecule has 0 atom stereocenters. The summed E-state index contributed by atoms with van der Waals surface area (Å²) in [5.74, 6) is -1.15. The summed E-state index contributed by atoms with van der Waals surface area (Å²) in [7, 11) is 0. The lowest BCUT2D eigenvalue weighted by atomic mass is 9.82. The topological polar surface area (TPSA) is 86.7 Å². The Morgan fingerprint density at radius 3 is 2.41 bits per heavy atom. The number of hydrogen-bond donors (Lipinski definition) is 2. The number of aliphatic carboxylic acids is 1. The first-order chi connectivity index (χ1) is 10.4. The monoisotopic (exact) mass is 312 g/mol. The summed E-state index contributed by atoms with van der Waals surface area (Å²) in [5.41, 5.74) is -0.921. The van der Waals surface area contributed by atoms with Gasteiger partial charge in [-0.05, 0) is 25.7 Å². The van der Waals surface area contributed by atoms with Gasteiger partial charge in [0.2, 0.25) is 11.8 Å². The average molecular weight is 312 g/mol. The van der Waals surface area contributed by atoms with E-state index in [-0.39, 0.29) is 24.9 Å². The van der Waals surface area contributed by atoms with E-state index in [9.17, 15) is 19.5 Å². The van der Waals surface area contributed by atoms with Gasteiger partial charge in [-0.25, -0.2) is 0 Å². The smallest absolute Gasteiger partial charge is 0.311 e. The minimum Gasteiger partial charge on any atom is -0.481 e. The maximum Gasteiger partial charge on any atom is 0.311 e. The number of likely N-dealkylation sites (tertiary alicyclic amines) is 1. The molecular formula is C16H28N2O4. The number of rotatable bonds is 7. The van der Waals surface area contributed by atoms with Gasteiger partial charge >= 0.3 is 5.97 Å². The van der Waals surface area contributed by atoms with Gasteiger partial charge in [0.15, 0.2) is 0 Å². The zero-order chi connectivity index (χ0) is 16.6. The van der Waals surface area contributed by atoms with Crippen molar-refractivity contribution >= 4 is 17.8 Å². The van der Waals surface area contributed by atoms with Crippen LogP contribution in [0.3, 0.4) is 0 Å². The van der Waals surface area contributed by atoms with Gasteiger partial charge in [-0.3, -0.25) is 14.4 Å². The number of nitrogens with zero attached hydrogens (tertiary/aromatic N) is 1. The van der Waals surface area contributed by atoms with Gasteiger partial charge < -0.3 is 15.3 Å². The molecule has 6 nitrogen and oxygen atoms in total. The molecule has 0 aromatic rings. The van der Waals surface area contributed by atoms with Crippen LogP contribution in [-0.4, -0.2) is 47.4 Å². The Hall–Kier alpha value is -1.59. The summed E-state index contributed by atoms with van der Waals surface area (Å²) < 4.78 is 0. The molecule has 0 aliphatic carbocycles. The molecule has 0 spiro atoms. The van der Waals surface area contributed by atoms with E-state index in [2.05, 4.69) is 5.32 Å². The fourth-order valence-electron chi connectivity index (χ4n) is 2.76. The zero-order valence-electron chi connectivity index (χ0n) is 13.7. The molecule has 126 valence electrons. The maximum absolute atomic E-state index is 12.1. The van der Waals surface area contributed by atoms with Gasteiger partial charge in [0.1, 0.15) is 0 Å². The van der Waals surface area contributed by atoms with Crippen LogP contribution in [0, 0.1) is 5.41 Å². The van der Waals surface area contributed by atoms with Gasteiger partial charge in [0, 0.05) is 19.5 Å². The van der Waals surface area contributed by atoms with Crippen LogP contribution >= 0.6 is 0 Å². The fourth-order valence-corrected chi connectivity index (χ4v) is 2.76. The van der Waals surface area contributed by atoms with Gasteiger partial charge in [0.25, 0.3) is 0 Å². The number of carbonyl (C=O) groups excluding carboxylic acids is 2. The third-order valence-corrected chi connectivity index (χ3v) is 4.69. The minimum atomic E-state index is -0.921. The zero-order valence-corrected chi connectivity index (χ0v) is 13.7. The lowest BCUT2D eigenvalue weighted by Crippen LogP contribution is -2.47. The molecule has 1 aliphatic heterocycles. The van der Waals surface area contributed by atoms with Crippen LogP contribution in [0.5, 0.6) is 0 Å². The molecule has 0 radical (unpaired) electrons. The van der Waals surface area contributed by atoms with Crippen molar-refractivity contribution in [2.75, 3.05) is 19.6 Å². The van der Waals surface area contributed by atoms with Crippen molar-refractivity contribution in [2.24, 2.45) is 5.41 Å². The predicted octanol–water partition coefficient (Wildman–Crippen LogP) is 1.79. The third kappa shape index (κ3) is 5.00. The van der Waals surface area contributed by atoms with Gasteiger partial charge in [-0.1, -0.05) is 26.7 Å². The van der Waals surface area contributed by atoms with Crippen LogP contribution in [0.25, 0.3) is 0 Å². The van der Waals surface area contributed by atoms with Crippen molar-refractivity contribution in [3.8, 4) is 0 Å². The van der Waals surface area contributed by atoms with Gasteiger partial charge in [0.05, 0.1) is 12.0 Å². The van der Waals surface area contributed by atoms with Crippen molar-refractivity contribution in [1.29, 1.82) is 0 Å². The van der Waals surface area contributed by atoms with Crippen molar-refractivity contribution in [3.05, 3.63) is 0 Å². The average Bonchev–Trinajstić information content (AvgIpc) is 2.48. The Morgan fingerprint density at radius 2 is 1.82 bits per heavy atom. The molecule has 1 rings (SSSR count). The quantitative estimate of drug-likeness (QED) is 0.750. The summed E-state index contributed by atoms with van der Waals surface area (Å²) in [6, 6.07) is 0. The molecule has 0 unspecified atom stereocenters. The lowest BCUT2D eigenvalue weighted by molar-refractivity contribution is -0.149. The Labute approximate surface area is 132 Å². The second kappa shape index (κ2) is 8.76. The van der Waals surface area contributed by atoms with Crippen LogP contribution in [0.4, 0.5) is 0 Å². The minimum absolute atomic E-state index is 0.0188. The van der Waals surface area contributed by atoms with E-state index in [1.54, 1.807) is 4.90 Å². The molecule has 22 heavy (non-hydrogen) atoms. The van der Waals surface area contributed by atoms with E-state index < -0.39 is 11.4 Å². The first-order valence-corrected chi connectivity index (χ1v) is 8.23. The maximum atomic E-state index is 12.1. The molecule has 1 saturated heterocycles. The van der Waals surface area contributed by atoms with E-state index in [1.807, 2.05) is 13.8 Å². The molecule has 0 aromatic carbocycles. The van der Waals surface area contributed by atoms with Crippen LogP contribution in [0.1, 0.15) is 58.8 Å². The summed E-state index contributed by atoms with van der Waals surface area (Å²) >= 11 is 0. The second-order valence-electron chi connectivity index (χ2n) is 6.05. The number of hydrogen-bond acceptors (Lipinski definition) is 3. The van der Waals surface area contributed by atoms with E-state index in [0.29, 0.717) is 25.8 Å². The largest absolute Gasteiger partial charge is 0.481 e. The van der Waals surface area contributed by atoms with Crippen molar-refractivity contribution in [1.82, 2.24) is 10.2 Å². The summed E-state index contributed by atoms with van der Waals surface area (Å²) in [4.78, 5) is 37.0. The van der Waals surface area contributed by atoms with Crippen LogP contribution in [0.15, 0.2) is 0 Å². The van der Waals surface area contributed by atoms with Crippen molar-refractivity contribution in [3.63, 3.8) is 0 Å². The standard InChI is InChI=1S/C16H28N2O4/c1-3-16(4-2,15(21)22)12-17-13(19)11-18-10-8-6-5-7-9-14(18)20/h3-12H2,1-2H3,(H,17,19)(H,21,22). The summed E-state index contributed by atoms with van der Waals surface area (Å²) in [6.45, 7) is 4.37. The number of carboxylic acid groups (broad SMARTS) is 1. The summed E-state index contributed by atoms with van der Waals surface area (Å²) in [5, 5.41) is 12.0. The van der Waals surface area contributed by atoms with E-state index in [1.165, 1.54) is 0 Å². The molecule has 1 fully saturated rings. The highest BCUT2D eigenvalue weighted by Gasteiger charge is 2.35. The molecular weight excluding hydrogens is 284 g/mol. The Balaban J connectivity index is 2.53. The molecule has 1 aliphatic rings. The highest BCUT2D eigenvalue weighted by atomic mass is 16.4. The lowest BCUT2D eigenvalue weighted by Gasteiger charge is -2.28. The van der Waals surface area contributed by atoms with Crippen molar-refractivity contribution < 1.29 is 19.5 Å². The first-order valence-electron chi connectivity index (χ1n) is 8.23. The molecule has 0 bridgehead atoms. The Kier molecular flexibility index (Phi) is 7.35. The number of carbonyl (C=O) groups is 3. The fraction of sp³-hybridized carbons (Fsp3) is 0.812. The molecule has 2 amide bonds. The van der Waals surface area contributed by atoms with Crippen molar-refractivity contribution in [2.45, 2.75) is 58.8 Å². The predicted molar refractivity (Wildman–Crippen MR) is 83.3 cm³/mol. The van der Waals surface area contributed by atoms with Crippen LogP contribution in [-0.2, 0) is 14.4 Å². The molecule has 0 aromatic heterocycles. The normalized spacial score (nSPS) is 16.8. The van der Waals surface area contributed by atoms with E-state index in [0.717, 1.165) is 25.7 Å². The second-order valence-corrected chi connectivity index (χ2v) is 6.05. The Bertz CT molecular complexity index is 405. The summed E-state index contributed by atoms with van der Waals surface area (Å²) in [6.07, 6.45) is 5.37.